The smallest absolute Gasteiger partial charge is 0.453 e. The van der Waals surface area contributed by atoms with Crippen LogP contribution in [0.4, 0.5) is 22.0 Å². The molecule has 2 aliphatic heterocycles. The van der Waals surface area contributed by atoms with E-state index in [0.717, 1.165) is 119 Å². The van der Waals surface area contributed by atoms with Gasteiger partial charge in [-0.05, 0) is 105 Å². The fourth-order valence-corrected chi connectivity index (χ4v) is 10.7. The number of cyclic esters (lactones) is 1. The number of carbonyl (C=O) groups is 1. The predicted molar refractivity (Wildman–Crippen MR) is 310 cm³/mol. The Bertz CT molecular complexity index is 2210. The maximum absolute atomic E-state index is 13.4. The highest BCUT2D eigenvalue weighted by atomic mass is 19.4. The number of carbonyl (C=O) groups excluding carboxylic acids is 1. The molecule has 16 heteroatoms. The zero-order valence-electron chi connectivity index (χ0n) is 49.9. The van der Waals surface area contributed by atoms with Crippen molar-refractivity contribution in [1.82, 2.24) is 0 Å². The summed E-state index contributed by atoms with van der Waals surface area (Å²) in [5.74, 6) is -2.53. The number of methoxy groups -OCH3 is 3. The van der Waals surface area contributed by atoms with Crippen LogP contribution in [0.2, 0.25) is 0 Å². The average molecular weight is 1160 g/mol. The zero-order chi connectivity index (χ0) is 58.8. The number of alkyl halides is 5. The van der Waals surface area contributed by atoms with Crippen LogP contribution in [0.3, 0.4) is 0 Å². The maximum atomic E-state index is 13.4. The van der Waals surface area contributed by atoms with E-state index in [0.29, 0.717) is 62.3 Å². The Hall–Kier alpha value is -4.48. The van der Waals surface area contributed by atoms with E-state index in [1.54, 1.807) is 33.5 Å². The maximum Gasteiger partial charge on any atom is 0.453 e. The van der Waals surface area contributed by atoms with Gasteiger partial charge in [-0.15, -0.1) is 0 Å². The van der Waals surface area contributed by atoms with Gasteiger partial charge in [0.2, 0.25) is 0 Å². The summed E-state index contributed by atoms with van der Waals surface area (Å²) < 4.78 is 124. The Morgan fingerprint density at radius 1 is 0.549 bits per heavy atom. The van der Waals surface area contributed by atoms with Gasteiger partial charge in [-0.2, -0.15) is 22.0 Å². The minimum atomic E-state index is -5.57. The van der Waals surface area contributed by atoms with Crippen molar-refractivity contribution in [3.8, 4) is 23.0 Å². The van der Waals surface area contributed by atoms with Crippen LogP contribution in [-0.4, -0.2) is 95.8 Å². The molecule has 0 amide bonds. The SMILES string of the molecule is CCCCCCCCCCCC[C@H](OCc1ccc(OCCCC(F)(F)C(F)(F)F)cc1)[C@H]1CC[C@H]([C@@H](CCCCCCCCCC[C@H](CC2=C[C@H](C)OC2=O)OCc2ccc(OCCOC)c(OC)c2)OCc2ccc(OC)cc2)O1. The van der Waals surface area contributed by atoms with Gasteiger partial charge in [-0.25, -0.2) is 4.79 Å². The molecule has 2 heterocycles. The highest BCUT2D eigenvalue weighted by Crippen LogP contribution is 2.39. The normalized spacial score (nSPS) is 17.6. The molecule has 0 N–H and O–H groups in total. The molecule has 0 bridgehead atoms. The molecule has 1 saturated heterocycles. The van der Waals surface area contributed by atoms with Gasteiger partial charge in [0.05, 0.1) is 77.8 Å². The van der Waals surface area contributed by atoms with Gasteiger partial charge in [0.1, 0.15) is 24.2 Å². The molecule has 2 aliphatic rings. The van der Waals surface area contributed by atoms with E-state index in [-0.39, 0.29) is 49.2 Å². The second-order valence-electron chi connectivity index (χ2n) is 22.3. The van der Waals surface area contributed by atoms with Gasteiger partial charge in [0.15, 0.2) is 11.5 Å². The van der Waals surface area contributed by atoms with Crippen molar-refractivity contribution >= 4 is 5.97 Å². The van der Waals surface area contributed by atoms with Crippen LogP contribution in [-0.2, 0) is 53.0 Å². The van der Waals surface area contributed by atoms with E-state index in [4.69, 9.17) is 47.4 Å². The Kier molecular flexibility index (Phi) is 32.0. The van der Waals surface area contributed by atoms with Crippen molar-refractivity contribution in [2.45, 2.75) is 249 Å². The van der Waals surface area contributed by atoms with Crippen molar-refractivity contribution in [1.29, 1.82) is 0 Å². The summed E-state index contributed by atoms with van der Waals surface area (Å²) in [6.45, 7) is 5.95. The molecule has 1 fully saturated rings. The first kappa shape index (κ1) is 68.3. The molecule has 0 radical (unpaired) electrons. The van der Waals surface area contributed by atoms with E-state index in [1.807, 2.05) is 67.6 Å². The molecule has 3 aromatic carbocycles. The van der Waals surface area contributed by atoms with Gasteiger partial charge >= 0.3 is 18.1 Å². The van der Waals surface area contributed by atoms with Gasteiger partial charge in [-0.1, -0.05) is 153 Å². The topological polar surface area (TPSA) is 109 Å². The minimum Gasteiger partial charge on any atom is -0.497 e. The van der Waals surface area contributed by atoms with E-state index in [9.17, 15) is 26.7 Å². The Morgan fingerprint density at radius 2 is 1.06 bits per heavy atom. The molecule has 6 atom stereocenters. The Morgan fingerprint density at radius 3 is 1.56 bits per heavy atom. The van der Waals surface area contributed by atoms with Crippen molar-refractivity contribution in [3.63, 3.8) is 0 Å². The molecule has 82 heavy (non-hydrogen) atoms. The number of halogens is 5. The van der Waals surface area contributed by atoms with E-state index < -0.39 is 24.9 Å². The third-order valence-electron chi connectivity index (χ3n) is 15.5. The molecule has 0 spiro atoms. The lowest BCUT2D eigenvalue weighted by Crippen LogP contribution is -2.36. The van der Waals surface area contributed by atoms with E-state index in [1.165, 1.54) is 51.4 Å². The molecule has 462 valence electrons. The van der Waals surface area contributed by atoms with Gasteiger partial charge < -0.3 is 47.4 Å². The molecule has 5 rings (SSSR count). The molecule has 0 unspecified atom stereocenters. The predicted octanol–water partition coefficient (Wildman–Crippen LogP) is 17.2. The molecule has 0 aromatic heterocycles. The fraction of sp³-hybridized carbons (Fsp3) is 0.682. The van der Waals surface area contributed by atoms with Crippen molar-refractivity contribution in [3.05, 3.63) is 95.1 Å². The van der Waals surface area contributed by atoms with Crippen LogP contribution >= 0.6 is 0 Å². The monoisotopic (exact) mass is 1160 g/mol. The highest BCUT2D eigenvalue weighted by molar-refractivity contribution is 5.90. The lowest BCUT2D eigenvalue weighted by atomic mass is 9.99. The molecular formula is C66H97F5O11. The number of esters is 1. The molecule has 0 aliphatic carbocycles. The number of benzene rings is 3. The number of unbranched alkanes of at least 4 members (excludes halogenated alkanes) is 16. The minimum absolute atomic E-state index is 0.0735. The van der Waals surface area contributed by atoms with Crippen LogP contribution in [0.5, 0.6) is 23.0 Å². The van der Waals surface area contributed by atoms with E-state index in [2.05, 4.69) is 6.92 Å². The first-order valence-electron chi connectivity index (χ1n) is 30.7. The lowest BCUT2D eigenvalue weighted by Gasteiger charge is -2.28. The van der Waals surface area contributed by atoms with Gasteiger partial charge in [0.25, 0.3) is 0 Å². The van der Waals surface area contributed by atoms with Crippen molar-refractivity contribution in [2.75, 3.05) is 41.2 Å². The third kappa shape index (κ3) is 25.8. The summed E-state index contributed by atoms with van der Waals surface area (Å²) in [4.78, 5) is 12.6. The van der Waals surface area contributed by atoms with Crippen LogP contribution in [0.1, 0.15) is 197 Å². The molecule has 3 aromatic rings. The van der Waals surface area contributed by atoms with Crippen LogP contribution in [0.25, 0.3) is 0 Å². The fourth-order valence-electron chi connectivity index (χ4n) is 10.7. The summed E-state index contributed by atoms with van der Waals surface area (Å²) in [7, 11) is 4.91. The van der Waals surface area contributed by atoms with Gasteiger partial charge in [-0.3, -0.25) is 0 Å². The highest BCUT2D eigenvalue weighted by Gasteiger charge is 2.56. The Labute approximate surface area is 486 Å². The van der Waals surface area contributed by atoms with Crippen molar-refractivity contribution in [2.24, 2.45) is 0 Å². The first-order valence-corrected chi connectivity index (χ1v) is 30.7. The summed E-state index contributed by atoms with van der Waals surface area (Å²) in [6.07, 6.45) is 19.8. The summed E-state index contributed by atoms with van der Waals surface area (Å²) in [5.41, 5.74) is 3.61. The molecular weight excluding hydrogens is 1060 g/mol. The number of ether oxygens (including phenoxy) is 10. The lowest BCUT2D eigenvalue weighted by molar-refractivity contribution is -0.284. The largest absolute Gasteiger partial charge is 0.497 e. The second kappa shape index (κ2) is 38.5. The standard InChI is InChI=1S/C66H97F5O11/c1-6-7-8-9-10-11-12-16-19-22-27-59(80-48-52-30-35-56(36-31-52)76-41-24-40-65(67,68)66(69,70)71)62-39-38-61(82-62)58(79-47-51-28-33-55(74-4)34-29-51)26-23-20-17-14-13-15-18-21-25-57(46-54-44-50(2)81-64(54)72)78-49-53-32-37-60(63(45-53)75-5)77-43-42-73-3/h28-37,44-45,50,57-59,61-62H,6-27,38-43,46-49H2,1-5H3/t50-,57+,58+,59-,61+,62+/m0/s1. The van der Waals surface area contributed by atoms with Crippen molar-refractivity contribution < 1.29 is 74.1 Å². The van der Waals surface area contributed by atoms with E-state index >= 15 is 0 Å². The van der Waals surface area contributed by atoms with Gasteiger partial charge in [0, 0.05) is 25.5 Å². The zero-order valence-corrected chi connectivity index (χ0v) is 49.9. The second-order valence-corrected chi connectivity index (χ2v) is 22.3. The summed E-state index contributed by atoms with van der Waals surface area (Å²) >= 11 is 0. The number of rotatable bonds is 46. The van der Waals surface area contributed by atoms with Crippen LogP contribution < -0.4 is 18.9 Å². The van der Waals surface area contributed by atoms with Crippen LogP contribution in [0, 0.1) is 0 Å². The number of hydrogen-bond acceptors (Lipinski definition) is 11. The third-order valence-corrected chi connectivity index (χ3v) is 15.5. The quantitative estimate of drug-likeness (QED) is 0.0306. The van der Waals surface area contributed by atoms with Crippen LogP contribution in [0.15, 0.2) is 78.4 Å². The Balaban J connectivity index is 1.10. The molecule has 0 saturated carbocycles. The summed E-state index contributed by atoms with van der Waals surface area (Å²) in [5, 5.41) is 0. The summed E-state index contributed by atoms with van der Waals surface area (Å²) in [6, 6.07) is 20.9. The first-order chi connectivity index (χ1) is 39.7. The molecule has 11 nitrogen and oxygen atoms in total. The average Bonchev–Trinajstić information content (AvgIpc) is 4.13. The number of hydrogen-bond donors (Lipinski definition) is 0.